The maximum atomic E-state index is 12.7. The smallest absolute Gasteiger partial charge is 0.358 e. The Hall–Kier alpha value is -2.48. The number of pyridine rings is 1. The van der Waals surface area contributed by atoms with Crippen LogP contribution in [-0.4, -0.2) is 19.3 Å². The van der Waals surface area contributed by atoms with Crippen LogP contribution in [0.1, 0.15) is 15.9 Å². The third-order valence-corrected chi connectivity index (χ3v) is 2.89. The second kappa shape index (κ2) is 5.88. The molecule has 1 aromatic carbocycles. The molecular formula is C13H11FN2O4S. The highest BCUT2D eigenvalue weighted by Crippen LogP contribution is 2.23. The number of carbonyl (C=O) groups is 1. The zero-order chi connectivity index (χ0) is 15.5. The number of nitrogens with one attached hydrogen (secondary N) is 1. The van der Waals surface area contributed by atoms with Crippen LogP contribution in [0, 0.1) is 6.92 Å². The van der Waals surface area contributed by atoms with Gasteiger partial charge in [-0.25, -0.2) is 0 Å². The third kappa shape index (κ3) is 4.25. The summed E-state index contributed by atoms with van der Waals surface area (Å²) in [5.74, 6) is -1.00. The first-order chi connectivity index (χ1) is 9.85. The lowest BCUT2D eigenvalue weighted by molar-refractivity contribution is 0.102. The number of nitrogens with zero attached hydrogens (tertiary/aromatic N) is 1. The van der Waals surface area contributed by atoms with E-state index in [1.54, 1.807) is 19.1 Å². The Balaban J connectivity index is 2.33. The van der Waals surface area contributed by atoms with E-state index in [2.05, 4.69) is 14.5 Å². The minimum Gasteiger partial charge on any atom is -0.358 e. The van der Waals surface area contributed by atoms with Gasteiger partial charge in [0.15, 0.2) is 5.75 Å². The molecule has 0 saturated heterocycles. The molecule has 2 rings (SSSR count). The molecule has 1 N–H and O–H groups in total. The summed E-state index contributed by atoms with van der Waals surface area (Å²) in [6, 6.07) is 7.23. The van der Waals surface area contributed by atoms with Gasteiger partial charge in [-0.15, -0.1) is 0 Å². The number of anilines is 1. The van der Waals surface area contributed by atoms with Gasteiger partial charge in [-0.1, -0.05) is 15.5 Å². The molecule has 0 aliphatic heterocycles. The monoisotopic (exact) mass is 310 g/mol. The average molecular weight is 310 g/mol. The van der Waals surface area contributed by atoms with E-state index in [-0.39, 0.29) is 11.3 Å². The molecule has 1 aromatic heterocycles. The SMILES string of the molecule is Cc1ccc(OS(=O)(=O)F)c(C(=O)Nc2ccncc2)c1. The van der Waals surface area contributed by atoms with Crippen molar-refractivity contribution in [2.75, 3.05) is 5.32 Å². The number of aromatic nitrogens is 1. The Morgan fingerprint density at radius 1 is 1.24 bits per heavy atom. The van der Waals surface area contributed by atoms with Gasteiger partial charge < -0.3 is 9.50 Å². The van der Waals surface area contributed by atoms with Gasteiger partial charge >= 0.3 is 10.5 Å². The molecule has 0 spiro atoms. The summed E-state index contributed by atoms with van der Waals surface area (Å²) in [4.78, 5) is 15.9. The quantitative estimate of drug-likeness (QED) is 0.875. The van der Waals surface area contributed by atoms with Crippen LogP contribution in [0.5, 0.6) is 5.75 Å². The standard InChI is InChI=1S/C13H11FN2O4S/c1-9-2-3-12(20-21(14,18)19)11(8-9)13(17)16-10-4-6-15-7-5-10/h2-8H,1H3,(H,15,16,17). The Labute approximate surface area is 121 Å². The maximum absolute atomic E-state index is 12.7. The zero-order valence-corrected chi connectivity index (χ0v) is 11.7. The summed E-state index contributed by atoms with van der Waals surface area (Å²) in [6.07, 6.45) is 2.96. The summed E-state index contributed by atoms with van der Waals surface area (Å²) in [5.41, 5.74) is 1.07. The van der Waals surface area contributed by atoms with Crippen molar-refractivity contribution in [1.82, 2.24) is 4.98 Å². The number of aryl methyl sites for hydroxylation is 1. The number of benzene rings is 1. The predicted octanol–water partition coefficient (Wildman–Crippen LogP) is 2.24. The lowest BCUT2D eigenvalue weighted by atomic mass is 10.1. The van der Waals surface area contributed by atoms with Crippen LogP contribution >= 0.6 is 0 Å². The first-order valence-corrected chi connectivity index (χ1v) is 7.12. The van der Waals surface area contributed by atoms with Crippen LogP contribution in [0.2, 0.25) is 0 Å². The van der Waals surface area contributed by atoms with E-state index in [1.165, 1.54) is 30.6 Å². The molecular weight excluding hydrogens is 299 g/mol. The minimum atomic E-state index is -5.21. The van der Waals surface area contributed by atoms with Crippen molar-refractivity contribution >= 4 is 22.1 Å². The molecule has 8 heteroatoms. The van der Waals surface area contributed by atoms with Crippen molar-refractivity contribution in [3.63, 3.8) is 0 Å². The minimum absolute atomic E-state index is 0.0898. The van der Waals surface area contributed by atoms with Crippen LogP contribution in [0.15, 0.2) is 42.7 Å². The van der Waals surface area contributed by atoms with Crippen molar-refractivity contribution in [2.24, 2.45) is 0 Å². The molecule has 1 amide bonds. The molecule has 0 saturated carbocycles. The van der Waals surface area contributed by atoms with Gasteiger partial charge in [0.25, 0.3) is 5.91 Å². The molecule has 110 valence electrons. The Morgan fingerprint density at radius 3 is 2.52 bits per heavy atom. The first-order valence-electron chi connectivity index (χ1n) is 5.81. The fraction of sp³-hybridized carbons (Fsp3) is 0.0769. The number of hydrogen-bond donors (Lipinski definition) is 1. The topological polar surface area (TPSA) is 85.4 Å². The second-order valence-electron chi connectivity index (χ2n) is 4.17. The molecule has 0 unspecified atom stereocenters. The van der Waals surface area contributed by atoms with E-state index in [4.69, 9.17) is 0 Å². The summed E-state index contributed by atoms with van der Waals surface area (Å²) in [6.45, 7) is 1.71. The Bertz CT molecular complexity index is 763. The van der Waals surface area contributed by atoms with Crippen LogP contribution in [0.3, 0.4) is 0 Å². The van der Waals surface area contributed by atoms with Crippen molar-refractivity contribution in [1.29, 1.82) is 0 Å². The van der Waals surface area contributed by atoms with Crippen LogP contribution in [0.4, 0.5) is 9.57 Å². The van der Waals surface area contributed by atoms with Gasteiger partial charge in [0.2, 0.25) is 0 Å². The molecule has 0 bridgehead atoms. The Morgan fingerprint density at radius 2 is 1.90 bits per heavy atom. The van der Waals surface area contributed by atoms with Crippen LogP contribution in [-0.2, 0) is 10.5 Å². The fourth-order valence-corrected chi connectivity index (χ4v) is 1.99. The first kappa shape index (κ1) is 14.9. The average Bonchev–Trinajstić information content (AvgIpc) is 2.40. The van der Waals surface area contributed by atoms with Crippen molar-refractivity contribution < 1.29 is 21.3 Å². The molecule has 0 aliphatic rings. The zero-order valence-electron chi connectivity index (χ0n) is 10.9. The molecule has 21 heavy (non-hydrogen) atoms. The summed E-state index contributed by atoms with van der Waals surface area (Å²) in [7, 11) is -5.21. The fourth-order valence-electron chi connectivity index (χ4n) is 1.63. The summed E-state index contributed by atoms with van der Waals surface area (Å²) in [5, 5.41) is 2.54. The number of hydrogen-bond acceptors (Lipinski definition) is 5. The van der Waals surface area contributed by atoms with E-state index >= 15 is 0 Å². The number of rotatable bonds is 4. The summed E-state index contributed by atoms with van der Waals surface area (Å²) < 4.78 is 38.0. The van der Waals surface area contributed by atoms with Gasteiger partial charge in [0.05, 0.1) is 5.56 Å². The molecule has 0 fully saturated rings. The largest absolute Gasteiger partial charge is 0.488 e. The molecule has 6 nitrogen and oxygen atoms in total. The van der Waals surface area contributed by atoms with Gasteiger partial charge in [0, 0.05) is 18.1 Å². The highest BCUT2D eigenvalue weighted by molar-refractivity contribution is 7.81. The number of halogens is 1. The van der Waals surface area contributed by atoms with Crippen LogP contribution < -0.4 is 9.50 Å². The maximum Gasteiger partial charge on any atom is 0.488 e. The van der Waals surface area contributed by atoms with Crippen molar-refractivity contribution in [3.8, 4) is 5.75 Å². The molecule has 2 aromatic rings. The summed E-state index contributed by atoms with van der Waals surface area (Å²) >= 11 is 0. The number of amides is 1. The highest BCUT2D eigenvalue weighted by atomic mass is 32.3. The molecule has 1 heterocycles. The molecule has 0 aliphatic carbocycles. The van der Waals surface area contributed by atoms with Gasteiger partial charge in [-0.2, -0.15) is 8.42 Å². The Kier molecular flexibility index (Phi) is 4.18. The predicted molar refractivity (Wildman–Crippen MR) is 74.0 cm³/mol. The van der Waals surface area contributed by atoms with Gasteiger partial charge in [-0.3, -0.25) is 9.78 Å². The second-order valence-corrected chi connectivity index (χ2v) is 5.12. The van der Waals surface area contributed by atoms with Crippen molar-refractivity contribution in [2.45, 2.75) is 6.92 Å². The van der Waals surface area contributed by atoms with E-state index in [1.807, 2.05) is 0 Å². The highest BCUT2D eigenvalue weighted by Gasteiger charge is 2.18. The third-order valence-electron chi connectivity index (χ3n) is 2.51. The van der Waals surface area contributed by atoms with E-state index in [0.717, 1.165) is 0 Å². The lowest BCUT2D eigenvalue weighted by Crippen LogP contribution is -2.15. The molecule has 0 atom stereocenters. The van der Waals surface area contributed by atoms with Crippen LogP contribution in [0.25, 0.3) is 0 Å². The van der Waals surface area contributed by atoms with Gasteiger partial charge in [-0.05, 0) is 31.2 Å². The van der Waals surface area contributed by atoms with E-state index in [9.17, 15) is 17.1 Å². The molecule has 0 radical (unpaired) electrons. The van der Waals surface area contributed by atoms with E-state index < -0.39 is 16.4 Å². The normalized spacial score (nSPS) is 11.0. The number of carbonyl (C=O) groups excluding carboxylic acids is 1. The van der Waals surface area contributed by atoms with E-state index in [0.29, 0.717) is 11.3 Å². The van der Waals surface area contributed by atoms with Crippen molar-refractivity contribution in [3.05, 3.63) is 53.9 Å². The lowest BCUT2D eigenvalue weighted by Gasteiger charge is -2.09. The van der Waals surface area contributed by atoms with Gasteiger partial charge in [0.1, 0.15) is 0 Å².